The number of carbonyl (C=O) groups is 3. The lowest BCUT2D eigenvalue weighted by molar-refractivity contribution is -0.152. The third-order valence-electron chi connectivity index (χ3n) is 1.49. The number of nitrogens with one attached hydrogen (secondary N) is 1. The number of Topliss-reactive ketones (excluding diaryl/α,β-unsaturated/α-hetero) is 1. The summed E-state index contributed by atoms with van der Waals surface area (Å²) in [4.78, 5) is 32.5. The number of ketones is 1. The van der Waals surface area contributed by atoms with Crippen LogP contribution in [0.15, 0.2) is 0 Å². The van der Waals surface area contributed by atoms with Crippen molar-refractivity contribution in [1.29, 1.82) is 0 Å². The van der Waals surface area contributed by atoms with Crippen LogP contribution in [0, 0.1) is 0 Å². The van der Waals surface area contributed by atoms with Gasteiger partial charge in [-0.25, -0.2) is 4.79 Å². The number of esters is 1. The average molecular weight is 187 g/mol. The van der Waals surface area contributed by atoms with E-state index in [2.05, 4.69) is 10.1 Å². The second kappa shape index (κ2) is 5.29. The minimum Gasteiger partial charge on any atom is -0.463 e. The fourth-order valence-corrected chi connectivity index (χ4v) is 0.841. The highest BCUT2D eigenvalue weighted by Gasteiger charge is 2.24. The lowest BCUT2D eigenvalue weighted by Gasteiger charge is -2.12. The molecule has 0 fully saturated rings. The number of carbonyl (C=O) groups excluding carboxylic acids is 3. The van der Waals surface area contributed by atoms with Gasteiger partial charge in [-0.2, -0.15) is 0 Å². The maximum absolute atomic E-state index is 11.2. The van der Waals surface area contributed by atoms with Crippen LogP contribution in [0.25, 0.3) is 0 Å². The van der Waals surface area contributed by atoms with Crippen molar-refractivity contribution in [3.63, 3.8) is 0 Å². The molecule has 0 aliphatic carbocycles. The Balaban J connectivity index is 4.31. The van der Waals surface area contributed by atoms with Gasteiger partial charge in [-0.1, -0.05) is 6.92 Å². The first-order chi connectivity index (χ1) is 6.02. The molecule has 0 saturated heterocycles. The number of hydrogen-bond donors (Lipinski definition) is 1. The van der Waals surface area contributed by atoms with Crippen LogP contribution in [0.4, 0.5) is 0 Å². The van der Waals surface area contributed by atoms with Gasteiger partial charge in [0.2, 0.25) is 5.91 Å². The van der Waals surface area contributed by atoms with E-state index < -0.39 is 17.8 Å². The van der Waals surface area contributed by atoms with Crippen molar-refractivity contribution in [2.24, 2.45) is 0 Å². The van der Waals surface area contributed by atoms with E-state index in [1.807, 2.05) is 0 Å². The fourth-order valence-electron chi connectivity index (χ4n) is 0.841. The van der Waals surface area contributed by atoms with Gasteiger partial charge in [0.1, 0.15) is 0 Å². The van der Waals surface area contributed by atoms with Crippen molar-refractivity contribution in [1.82, 2.24) is 5.32 Å². The second-order valence-electron chi connectivity index (χ2n) is 2.52. The zero-order valence-electron chi connectivity index (χ0n) is 7.92. The van der Waals surface area contributed by atoms with E-state index in [0.717, 1.165) is 7.11 Å². The number of rotatable bonds is 4. The summed E-state index contributed by atoms with van der Waals surface area (Å²) in [6, 6.07) is -0.773. The number of amides is 1. The fraction of sp³-hybridized carbons (Fsp3) is 0.625. The Morgan fingerprint density at radius 2 is 1.92 bits per heavy atom. The van der Waals surface area contributed by atoms with Gasteiger partial charge in [0.05, 0.1) is 13.2 Å². The smallest absolute Gasteiger partial charge is 0.376 e. The first-order valence-corrected chi connectivity index (χ1v) is 3.92. The molecule has 0 aliphatic heterocycles. The largest absolute Gasteiger partial charge is 0.463 e. The first kappa shape index (κ1) is 11.6. The van der Waals surface area contributed by atoms with Crippen molar-refractivity contribution in [2.75, 3.05) is 7.11 Å². The highest BCUT2D eigenvalue weighted by molar-refractivity contribution is 6.35. The Bertz CT molecular complexity index is 224. The predicted molar refractivity (Wildman–Crippen MR) is 44.9 cm³/mol. The van der Waals surface area contributed by atoms with Gasteiger partial charge in [-0.05, 0) is 6.42 Å². The summed E-state index contributed by atoms with van der Waals surface area (Å²) < 4.78 is 4.24. The molecule has 5 heteroatoms. The van der Waals surface area contributed by atoms with Crippen molar-refractivity contribution in [3.05, 3.63) is 0 Å². The molecule has 0 rings (SSSR count). The molecule has 13 heavy (non-hydrogen) atoms. The zero-order chi connectivity index (χ0) is 10.4. The Morgan fingerprint density at radius 3 is 2.23 bits per heavy atom. The van der Waals surface area contributed by atoms with E-state index in [-0.39, 0.29) is 5.91 Å². The topological polar surface area (TPSA) is 72.5 Å². The second-order valence-corrected chi connectivity index (χ2v) is 2.52. The molecule has 0 saturated carbocycles. The minimum absolute atomic E-state index is 0.343. The average Bonchev–Trinajstić information content (AvgIpc) is 2.11. The van der Waals surface area contributed by atoms with Crippen LogP contribution in [0.3, 0.4) is 0 Å². The number of ether oxygens (including phenoxy) is 1. The molecule has 1 amide bonds. The van der Waals surface area contributed by atoms with Crippen LogP contribution >= 0.6 is 0 Å². The first-order valence-electron chi connectivity index (χ1n) is 3.92. The summed E-state index contributed by atoms with van der Waals surface area (Å²) >= 11 is 0. The van der Waals surface area contributed by atoms with Crippen LogP contribution in [-0.2, 0) is 19.1 Å². The van der Waals surface area contributed by atoms with Gasteiger partial charge in [0.25, 0.3) is 5.78 Å². The Hall–Kier alpha value is -1.39. The predicted octanol–water partition coefficient (Wildman–Crippen LogP) is -0.357. The van der Waals surface area contributed by atoms with E-state index in [0.29, 0.717) is 6.42 Å². The summed E-state index contributed by atoms with van der Waals surface area (Å²) in [5.74, 6) is -2.00. The molecule has 0 aliphatic rings. The van der Waals surface area contributed by atoms with Crippen molar-refractivity contribution >= 4 is 17.7 Å². The van der Waals surface area contributed by atoms with E-state index in [4.69, 9.17) is 0 Å². The Morgan fingerprint density at radius 1 is 1.38 bits per heavy atom. The van der Waals surface area contributed by atoms with E-state index >= 15 is 0 Å². The maximum Gasteiger partial charge on any atom is 0.376 e. The summed E-state index contributed by atoms with van der Waals surface area (Å²) in [5.41, 5.74) is 0. The molecular formula is C8H13NO4. The normalized spacial score (nSPS) is 11.6. The molecule has 0 bridgehead atoms. The molecule has 0 aromatic heterocycles. The standard InChI is InChI=1S/C8H13NO4/c1-4-6(9-5(2)10)7(11)8(12)13-3/h6H,4H2,1-3H3,(H,9,10). The van der Waals surface area contributed by atoms with Crippen molar-refractivity contribution in [3.8, 4) is 0 Å². The molecule has 1 N–H and O–H groups in total. The van der Waals surface area contributed by atoms with Crippen LogP contribution in [-0.4, -0.2) is 30.8 Å². The minimum atomic E-state index is -0.930. The lowest BCUT2D eigenvalue weighted by Crippen LogP contribution is -2.42. The van der Waals surface area contributed by atoms with Crippen LogP contribution in [0.2, 0.25) is 0 Å². The molecular weight excluding hydrogens is 174 g/mol. The van der Waals surface area contributed by atoms with E-state index in [9.17, 15) is 14.4 Å². The lowest BCUT2D eigenvalue weighted by atomic mass is 10.1. The summed E-state index contributed by atoms with van der Waals surface area (Å²) in [6.07, 6.45) is 0.369. The summed E-state index contributed by atoms with van der Waals surface area (Å²) in [5, 5.41) is 2.36. The molecule has 74 valence electrons. The van der Waals surface area contributed by atoms with Crippen LogP contribution in [0.1, 0.15) is 20.3 Å². The highest BCUT2D eigenvalue weighted by Crippen LogP contribution is 1.94. The van der Waals surface area contributed by atoms with Crippen molar-refractivity contribution < 1.29 is 19.1 Å². The third kappa shape index (κ3) is 3.68. The van der Waals surface area contributed by atoms with Crippen molar-refractivity contribution in [2.45, 2.75) is 26.3 Å². The summed E-state index contributed by atoms with van der Waals surface area (Å²) in [7, 11) is 1.13. The number of hydrogen-bond acceptors (Lipinski definition) is 4. The van der Waals surface area contributed by atoms with E-state index in [1.54, 1.807) is 6.92 Å². The van der Waals surface area contributed by atoms with Gasteiger partial charge in [-0.15, -0.1) is 0 Å². The van der Waals surface area contributed by atoms with E-state index in [1.165, 1.54) is 6.92 Å². The molecule has 5 nitrogen and oxygen atoms in total. The number of methoxy groups -OCH3 is 1. The van der Waals surface area contributed by atoms with Crippen LogP contribution < -0.4 is 5.32 Å². The van der Waals surface area contributed by atoms with Gasteiger partial charge in [0.15, 0.2) is 0 Å². The maximum atomic E-state index is 11.2. The zero-order valence-corrected chi connectivity index (χ0v) is 7.92. The quantitative estimate of drug-likeness (QED) is 0.482. The van der Waals surface area contributed by atoms with Gasteiger partial charge in [0, 0.05) is 6.92 Å². The molecule has 1 unspecified atom stereocenters. The Labute approximate surface area is 76.4 Å². The highest BCUT2D eigenvalue weighted by atomic mass is 16.5. The third-order valence-corrected chi connectivity index (χ3v) is 1.49. The summed E-state index contributed by atoms with van der Waals surface area (Å²) in [6.45, 7) is 2.98. The SMILES string of the molecule is CCC(NC(C)=O)C(=O)C(=O)OC. The molecule has 0 aromatic rings. The van der Waals surface area contributed by atoms with Gasteiger partial charge in [-0.3, -0.25) is 9.59 Å². The monoisotopic (exact) mass is 187 g/mol. The molecule has 0 spiro atoms. The van der Waals surface area contributed by atoms with Crippen LogP contribution in [0.5, 0.6) is 0 Å². The Kier molecular flexibility index (Phi) is 4.72. The van der Waals surface area contributed by atoms with Gasteiger partial charge < -0.3 is 10.1 Å². The van der Waals surface area contributed by atoms with Gasteiger partial charge >= 0.3 is 5.97 Å². The molecule has 1 atom stereocenters. The molecule has 0 heterocycles. The molecule has 0 radical (unpaired) electrons. The molecule has 0 aromatic carbocycles.